The summed E-state index contributed by atoms with van der Waals surface area (Å²) >= 11 is 1.77. The summed E-state index contributed by atoms with van der Waals surface area (Å²) in [5.74, 6) is 0.571. The number of aliphatic imine (C=N–C) groups is 1. The zero-order valence-electron chi connectivity index (χ0n) is 14.7. The van der Waals surface area contributed by atoms with Crippen molar-refractivity contribution >= 4 is 41.3 Å². The Morgan fingerprint density at radius 3 is 2.60 bits per heavy atom. The average molecular weight is 477 g/mol. The number of halogens is 2. The Hall–Kier alpha value is -1.19. The predicted molar refractivity (Wildman–Crippen MR) is 114 cm³/mol. The van der Waals surface area contributed by atoms with Gasteiger partial charge in [0.25, 0.3) is 0 Å². The van der Waals surface area contributed by atoms with E-state index in [0.29, 0.717) is 6.54 Å². The second-order valence-electron chi connectivity index (χ2n) is 5.45. The van der Waals surface area contributed by atoms with Gasteiger partial charge in [0.1, 0.15) is 5.82 Å². The molecule has 1 N–H and O–H groups in total. The number of hydrogen-bond acceptors (Lipinski definition) is 3. The van der Waals surface area contributed by atoms with Crippen LogP contribution in [-0.2, 0) is 11.2 Å². The van der Waals surface area contributed by atoms with Gasteiger partial charge in [-0.1, -0.05) is 18.2 Å². The minimum atomic E-state index is -0.245. The number of guanidine groups is 1. The minimum absolute atomic E-state index is 0. The van der Waals surface area contributed by atoms with Crippen LogP contribution in [0.3, 0.4) is 0 Å². The Kier molecular flexibility index (Phi) is 9.99. The van der Waals surface area contributed by atoms with Crippen molar-refractivity contribution < 1.29 is 9.13 Å². The minimum Gasteiger partial charge on any atom is -0.375 e. The normalized spacial score (nSPS) is 12.4. The van der Waals surface area contributed by atoms with Crippen LogP contribution in [0, 0.1) is 5.82 Å². The first-order chi connectivity index (χ1) is 11.6. The van der Waals surface area contributed by atoms with E-state index in [9.17, 15) is 4.39 Å². The van der Waals surface area contributed by atoms with E-state index in [2.05, 4.69) is 32.7 Å². The molecule has 0 aliphatic carbocycles. The first-order valence-electron chi connectivity index (χ1n) is 7.86. The SMILES string of the molecule is CN=C(NCC(OC)c1ccc(F)cc1)N(C)CCc1cccs1.I. The monoisotopic (exact) mass is 477 g/mol. The van der Waals surface area contributed by atoms with Gasteiger partial charge in [-0.2, -0.15) is 0 Å². The second kappa shape index (κ2) is 11.4. The molecule has 0 amide bonds. The van der Waals surface area contributed by atoms with E-state index in [0.717, 1.165) is 24.5 Å². The molecule has 0 radical (unpaired) electrons. The van der Waals surface area contributed by atoms with Crippen LogP contribution in [0.5, 0.6) is 0 Å². The molecule has 4 nitrogen and oxygen atoms in total. The summed E-state index contributed by atoms with van der Waals surface area (Å²) in [7, 11) is 5.44. The number of methoxy groups -OCH3 is 1. The van der Waals surface area contributed by atoms with Crippen LogP contribution in [0.1, 0.15) is 16.5 Å². The van der Waals surface area contributed by atoms with Crippen LogP contribution < -0.4 is 5.32 Å². The predicted octanol–water partition coefficient (Wildman–Crippen LogP) is 3.94. The third-order valence-corrected chi connectivity index (χ3v) is 4.76. The van der Waals surface area contributed by atoms with Gasteiger partial charge in [-0.05, 0) is 35.6 Å². The van der Waals surface area contributed by atoms with Crippen LogP contribution in [-0.4, -0.2) is 45.2 Å². The molecule has 1 aromatic carbocycles. The molecule has 0 saturated carbocycles. The second-order valence-corrected chi connectivity index (χ2v) is 6.49. The fraction of sp³-hybridized carbons (Fsp3) is 0.389. The van der Waals surface area contributed by atoms with Gasteiger partial charge in [-0.3, -0.25) is 4.99 Å². The molecule has 25 heavy (non-hydrogen) atoms. The third-order valence-electron chi connectivity index (χ3n) is 3.82. The summed E-state index contributed by atoms with van der Waals surface area (Å²) < 4.78 is 18.6. The first kappa shape index (κ1) is 21.9. The van der Waals surface area contributed by atoms with Crippen molar-refractivity contribution in [2.75, 3.05) is 34.3 Å². The Bertz CT molecular complexity index is 634. The molecule has 0 spiro atoms. The zero-order valence-corrected chi connectivity index (χ0v) is 17.9. The molecule has 7 heteroatoms. The van der Waals surface area contributed by atoms with Crippen molar-refractivity contribution in [3.05, 3.63) is 58.0 Å². The fourth-order valence-corrected chi connectivity index (χ4v) is 3.12. The molecule has 1 aromatic heterocycles. The molecular formula is C18H25FIN3OS. The summed E-state index contributed by atoms with van der Waals surface area (Å²) in [6.45, 7) is 1.45. The van der Waals surface area contributed by atoms with E-state index < -0.39 is 0 Å². The summed E-state index contributed by atoms with van der Waals surface area (Å²) in [6.07, 6.45) is 0.827. The highest BCUT2D eigenvalue weighted by Gasteiger charge is 2.13. The van der Waals surface area contributed by atoms with Gasteiger partial charge in [0.15, 0.2) is 5.96 Å². The van der Waals surface area contributed by atoms with Crippen LogP contribution in [0.4, 0.5) is 4.39 Å². The first-order valence-corrected chi connectivity index (χ1v) is 8.74. The lowest BCUT2D eigenvalue weighted by Crippen LogP contribution is -2.41. The molecule has 1 heterocycles. The number of likely N-dealkylation sites (N-methyl/N-ethyl adjacent to an activating group) is 1. The smallest absolute Gasteiger partial charge is 0.193 e. The molecule has 2 aromatic rings. The standard InChI is InChI=1S/C18H24FN3OS.HI/c1-20-18(22(2)11-10-16-5-4-12-24-16)21-13-17(23-3)14-6-8-15(19)9-7-14;/h4-9,12,17H,10-11,13H2,1-3H3,(H,20,21);1H. The number of nitrogens with one attached hydrogen (secondary N) is 1. The maximum atomic E-state index is 13.0. The lowest BCUT2D eigenvalue weighted by molar-refractivity contribution is 0.106. The topological polar surface area (TPSA) is 36.9 Å². The van der Waals surface area contributed by atoms with E-state index >= 15 is 0 Å². The van der Waals surface area contributed by atoms with E-state index in [1.807, 2.05) is 7.05 Å². The molecule has 2 rings (SSSR count). The number of rotatable bonds is 7. The fourth-order valence-electron chi connectivity index (χ4n) is 2.42. The number of thiophene rings is 1. The highest BCUT2D eigenvalue weighted by Crippen LogP contribution is 2.16. The van der Waals surface area contributed by atoms with Crippen molar-refractivity contribution in [2.24, 2.45) is 4.99 Å². The number of nitrogens with zero attached hydrogens (tertiary/aromatic N) is 2. The molecule has 1 atom stereocenters. The number of ether oxygens (including phenoxy) is 1. The van der Waals surface area contributed by atoms with E-state index in [1.165, 1.54) is 17.0 Å². The van der Waals surface area contributed by atoms with Crippen LogP contribution in [0.15, 0.2) is 46.8 Å². The van der Waals surface area contributed by atoms with Crippen molar-refractivity contribution in [3.8, 4) is 0 Å². The summed E-state index contributed by atoms with van der Waals surface area (Å²) in [6, 6.07) is 10.6. The molecule has 0 saturated heterocycles. The van der Waals surface area contributed by atoms with E-state index in [1.54, 1.807) is 37.6 Å². The Labute approximate surface area is 170 Å². The largest absolute Gasteiger partial charge is 0.375 e. The van der Waals surface area contributed by atoms with Gasteiger partial charge in [-0.15, -0.1) is 35.3 Å². The van der Waals surface area contributed by atoms with Crippen molar-refractivity contribution in [1.29, 1.82) is 0 Å². The quantitative estimate of drug-likeness (QED) is 0.373. The Morgan fingerprint density at radius 1 is 1.32 bits per heavy atom. The van der Waals surface area contributed by atoms with Crippen LogP contribution >= 0.6 is 35.3 Å². The van der Waals surface area contributed by atoms with Gasteiger partial charge in [-0.25, -0.2) is 4.39 Å². The Morgan fingerprint density at radius 2 is 2.04 bits per heavy atom. The molecule has 0 bridgehead atoms. The zero-order chi connectivity index (χ0) is 17.4. The molecular weight excluding hydrogens is 452 g/mol. The van der Waals surface area contributed by atoms with Gasteiger partial charge in [0.2, 0.25) is 0 Å². The van der Waals surface area contributed by atoms with Crippen LogP contribution in [0.25, 0.3) is 0 Å². The Balaban J connectivity index is 0.00000312. The highest BCUT2D eigenvalue weighted by atomic mass is 127. The maximum absolute atomic E-state index is 13.0. The maximum Gasteiger partial charge on any atom is 0.193 e. The molecule has 0 aliphatic heterocycles. The molecule has 0 aliphatic rings. The average Bonchev–Trinajstić information content (AvgIpc) is 3.11. The molecule has 138 valence electrons. The summed E-state index contributed by atoms with van der Waals surface area (Å²) in [5.41, 5.74) is 0.933. The van der Waals surface area contributed by atoms with Crippen molar-refractivity contribution in [3.63, 3.8) is 0 Å². The molecule has 0 fully saturated rings. The van der Waals surface area contributed by atoms with E-state index in [-0.39, 0.29) is 35.9 Å². The summed E-state index contributed by atoms with van der Waals surface area (Å²) in [5, 5.41) is 5.42. The van der Waals surface area contributed by atoms with Gasteiger partial charge in [0.05, 0.1) is 6.10 Å². The third kappa shape index (κ3) is 6.91. The number of benzene rings is 1. The van der Waals surface area contributed by atoms with Crippen LogP contribution in [0.2, 0.25) is 0 Å². The number of hydrogen-bond donors (Lipinski definition) is 1. The van der Waals surface area contributed by atoms with Gasteiger partial charge < -0.3 is 15.0 Å². The van der Waals surface area contributed by atoms with Gasteiger partial charge >= 0.3 is 0 Å². The van der Waals surface area contributed by atoms with E-state index in [4.69, 9.17) is 4.74 Å². The lowest BCUT2D eigenvalue weighted by Gasteiger charge is -2.24. The highest BCUT2D eigenvalue weighted by molar-refractivity contribution is 14.0. The van der Waals surface area contributed by atoms with Crippen molar-refractivity contribution in [2.45, 2.75) is 12.5 Å². The van der Waals surface area contributed by atoms with Gasteiger partial charge in [0, 0.05) is 39.2 Å². The lowest BCUT2D eigenvalue weighted by atomic mass is 10.1. The van der Waals surface area contributed by atoms with Crippen molar-refractivity contribution in [1.82, 2.24) is 10.2 Å². The summed E-state index contributed by atoms with van der Waals surface area (Å²) in [4.78, 5) is 7.78. The molecule has 1 unspecified atom stereocenters.